The van der Waals surface area contributed by atoms with Crippen molar-refractivity contribution in [2.45, 2.75) is 38.5 Å². The first kappa shape index (κ1) is 20.0. The Morgan fingerprint density at radius 2 is 0.933 bits per heavy atom. The number of hydrogen-bond donors (Lipinski definition) is 0. The molecule has 0 spiro atoms. The van der Waals surface area contributed by atoms with Gasteiger partial charge in [0, 0.05) is 24.0 Å². The van der Waals surface area contributed by atoms with Gasteiger partial charge in [0.05, 0.1) is 0 Å². The van der Waals surface area contributed by atoms with E-state index < -0.39 is 0 Å². The number of allylic oxidation sites excluding steroid dienone is 2. The van der Waals surface area contributed by atoms with Crippen molar-refractivity contribution in [3.63, 3.8) is 0 Å². The molecule has 6 bridgehead atoms. The number of ketones is 2. The van der Waals surface area contributed by atoms with Gasteiger partial charge in [0.15, 0.2) is 11.6 Å². The minimum atomic E-state index is 0.162. The molecular weight excluding hydrogens is 368 g/mol. The summed E-state index contributed by atoms with van der Waals surface area (Å²) in [6, 6.07) is 24.6. The van der Waals surface area contributed by atoms with Crippen molar-refractivity contribution >= 4 is 11.6 Å². The number of carbonyl (C=O) groups excluding carboxylic acids is 2. The number of carbonyl (C=O) groups is 2. The summed E-state index contributed by atoms with van der Waals surface area (Å²) in [5.74, 6) is 0.324. The first-order valence-electron chi connectivity index (χ1n) is 10.6. The summed E-state index contributed by atoms with van der Waals surface area (Å²) in [5.41, 5.74) is 6.46. The topological polar surface area (TPSA) is 34.1 Å². The molecule has 7 rings (SSSR count). The van der Waals surface area contributed by atoms with E-state index in [1.54, 1.807) is 0 Å². The largest absolute Gasteiger partial charge is 0.294 e. The third-order valence-corrected chi connectivity index (χ3v) is 5.60. The lowest BCUT2D eigenvalue weighted by Crippen LogP contribution is -1.99. The van der Waals surface area contributed by atoms with Gasteiger partial charge in [-0.1, -0.05) is 84.9 Å². The predicted molar refractivity (Wildman–Crippen MR) is 121 cm³/mol. The molecule has 3 aromatic rings. The molecular formula is C28H26O2. The highest BCUT2D eigenvalue weighted by atomic mass is 16.1. The van der Waals surface area contributed by atoms with E-state index in [0.717, 1.165) is 24.0 Å². The highest BCUT2D eigenvalue weighted by Crippen LogP contribution is 2.17. The average Bonchev–Trinajstić information content (AvgIpc) is 2.76. The molecule has 0 atom stereocenters. The normalized spacial score (nSPS) is 16.3. The van der Waals surface area contributed by atoms with Crippen molar-refractivity contribution in [2.75, 3.05) is 0 Å². The van der Waals surface area contributed by atoms with Gasteiger partial charge < -0.3 is 0 Å². The molecule has 0 aliphatic heterocycles. The van der Waals surface area contributed by atoms with Crippen LogP contribution in [0.25, 0.3) is 0 Å². The van der Waals surface area contributed by atoms with Crippen LogP contribution in [0.1, 0.15) is 68.7 Å². The number of rotatable bonds is 0. The molecule has 2 heteroatoms. The van der Waals surface area contributed by atoms with Gasteiger partial charge in [-0.2, -0.15) is 0 Å². The molecule has 0 saturated carbocycles. The van der Waals surface area contributed by atoms with Crippen LogP contribution in [0.4, 0.5) is 0 Å². The smallest absolute Gasteiger partial charge is 0.163 e. The van der Waals surface area contributed by atoms with Crippen molar-refractivity contribution in [3.8, 4) is 0 Å². The van der Waals surface area contributed by atoms with E-state index in [0.29, 0.717) is 25.7 Å². The Morgan fingerprint density at radius 3 is 1.37 bits per heavy atom. The Labute approximate surface area is 178 Å². The van der Waals surface area contributed by atoms with E-state index >= 15 is 0 Å². The van der Waals surface area contributed by atoms with E-state index in [9.17, 15) is 9.59 Å². The van der Waals surface area contributed by atoms with Crippen molar-refractivity contribution < 1.29 is 9.59 Å². The van der Waals surface area contributed by atoms with Gasteiger partial charge in [-0.3, -0.25) is 9.59 Å². The summed E-state index contributed by atoms with van der Waals surface area (Å²) in [7, 11) is 0. The molecule has 150 valence electrons. The Morgan fingerprint density at radius 1 is 0.500 bits per heavy atom. The zero-order chi connectivity index (χ0) is 20.8. The zero-order valence-corrected chi connectivity index (χ0v) is 17.1. The highest BCUT2D eigenvalue weighted by Gasteiger charge is 2.08. The van der Waals surface area contributed by atoms with Gasteiger partial charge in [0.2, 0.25) is 0 Å². The van der Waals surface area contributed by atoms with Crippen molar-refractivity contribution in [2.24, 2.45) is 0 Å². The van der Waals surface area contributed by atoms with Crippen LogP contribution < -0.4 is 0 Å². The summed E-state index contributed by atoms with van der Waals surface area (Å²) in [6.07, 6.45) is 8.11. The van der Waals surface area contributed by atoms with Gasteiger partial charge in [-0.05, 0) is 47.9 Å². The minimum absolute atomic E-state index is 0.162. The molecule has 2 nitrogen and oxygen atoms in total. The van der Waals surface area contributed by atoms with Crippen LogP contribution in [-0.4, -0.2) is 11.6 Å². The third-order valence-electron chi connectivity index (χ3n) is 5.60. The Hall–Kier alpha value is -3.26. The van der Waals surface area contributed by atoms with Gasteiger partial charge in [-0.15, -0.1) is 0 Å². The predicted octanol–water partition coefficient (Wildman–Crippen LogP) is 6.36. The Balaban J connectivity index is 1.60. The fourth-order valence-corrected chi connectivity index (χ4v) is 3.89. The molecule has 0 unspecified atom stereocenters. The second kappa shape index (κ2) is 9.49. The standard InChI is InChI=1S/C28H26O2/c29-27-8-3-1-2-4-9-28(30)26-16-12-22(13-17-26)19-24-7-5-6-23(20-24)18-21-10-14-25(27)15-11-21/h1-2,5-7,10-17,20H,3-4,8-9,18-19H2/b2-1+. The summed E-state index contributed by atoms with van der Waals surface area (Å²) >= 11 is 0. The van der Waals surface area contributed by atoms with Crippen LogP contribution in [0.5, 0.6) is 0 Å². The summed E-state index contributed by atoms with van der Waals surface area (Å²) < 4.78 is 0. The lowest BCUT2D eigenvalue weighted by Gasteiger charge is -2.08. The van der Waals surface area contributed by atoms with Crippen LogP contribution in [0.2, 0.25) is 0 Å². The van der Waals surface area contributed by atoms with E-state index in [4.69, 9.17) is 0 Å². The minimum Gasteiger partial charge on any atom is -0.294 e. The van der Waals surface area contributed by atoms with Crippen LogP contribution in [0, 0.1) is 0 Å². The Bertz CT molecular complexity index is 974. The molecule has 0 saturated heterocycles. The van der Waals surface area contributed by atoms with E-state index in [1.165, 1.54) is 22.3 Å². The van der Waals surface area contributed by atoms with Crippen LogP contribution >= 0.6 is 0 Å². The van der Waals surface area contributed by atoms with E-state index in [1.807, 2.05) is 36.4 Å². The van der Waals surface area contributed by atoms with Gasteiger partial charge in [-0.25, -0.2) is 0 Å². The van der Waals surface area contributed by atoms with Gasteiger partial charge >= 0.3 is 0 Å². The number of hydrogen-bond acceptors (Lipinski definition) is 2. The molecule has 4 aliphatic rings. The molecule has 0 heterocycles. The fraction of sp³-hybridized carbons (Fsp3) is 0.214. The van der Waals surface area contributed by atoms with Crippen LogP contribution in [0.15, 0.2) is 84.9 Å². The van der Waals surface area contributed by atoms with Gasteiger partial charge in [0.25, 0.3) is 0 Å². The molecule has 3 aromatic carbocycles. The molecule has 0 N–H and O–H groups in total. The fourth-order valence-electron chi connectivity index (χ4n) is 3.89. The Kier molecular flexibility index (Phi) is 6.34. The maximum atomic E-state index is 12.4. The van der Waals surface area contributed by atoms with E-state index in [-0.39, 0.29) is 11.6 Å². The molecule has 4 aliphatic carbocycles. The first-order valence-corrected chi connectivity index (χ1v) is 10.6. The SMILES string of the molecule is O=C1CC/C=C/CCC(=O)c2ccc(cc2)Cc2cccc(c2)Cc2ccc1cc2. The van der Waals surface area contributed by atoms with Crippen LogP contribution in [-0.2, 0) is 12.8 Å². The molecule has 0 radical (unpaired) electrons. The van der Waals surface area contributed by atoms with Crippen molar-refractivity contribution in [1.29, 1.82) is 0 Å². The van der Waals surface area contributed by atoms with Crippen molar-refractivity contribution in [1.82, 2.24) is 0 Å². The van der Waals surface area contributed by atoms with Crippen molar-refractivity contribution in [3.05, 3.63) is 118 Å². The molecule has 0 fully saturated rings. The lowest BCUT2D eigenvalue weighted by atomic mass is 9.97. The first-order chi connectivity index (χ1) is 14.7. The molecule has 30 heavy (non-hydrogen) atoms. The highest BCUT2D eigenvalue weighted by molar-refractivity contribution is 5.96. The lowest BCUT2D eigenvalue weighted by molar-refractivity contribution is 0.0974. The maximum absolute atomic E-state index is 12.4. The maximum Gasteiger partial charge on any atom is 0.163 e. The summed E-state index contributed by atoms with van der Waals surface area (Å²) in [4.78, 5) is 24.8. The molecule has 0 aromatic heterocycles. The number of benzene rings is 3. The quantitative estimate of drug-likeness (QED) is 0.416. The summed E-state index contributed by atoms with van der Waals surface area (Å²) in [6.45, 7) is 0. The third kappa shape index (κ3) is 5.21. The monoisotopic (exact) mass is 394 g/mol. The zero-order valence-electron chi connectivity index (χ0n) is 17.1. The van der Waals surface area contributed by atoms with Crippen LogP contribution in [0.3, 0.4) is 0 Å². The summed E-state index contributed by atoms with van der Waals surface area (Å²) in [5, 5.41) is 0. The second-order valence-corrected chi connectivity index (χ2v) is 7.96. The average molecular weight is 395 g/mol. The van der Waals surface area contributed by atoms with E-state index in [2.05, 4.69) is 48.5 Å². The number of Topliss-reactive ketones (excluding diaryl/α,β-unsaturated/α-hetero) is 2. The van der Waals surface area contributed by atoms with Gasteiger partial charge in [0.1, 0.15) is 0 Å². The molecule has 0 amide bonds. The second-order valence-electron chi connectivity index (χ2n) is 7.96.